The van der Waals surface area contributed by atoms with Crippen LogP contribution >= 0.6 is 11.6 Å². The summed E-state index contributed by atoms with van der Waals surface area (Å²) in [5.41, 5.74) is -0.652. The second-order valence-electron chi connectivity index (χ2n) is 3.38. The largest absolute Gasteiger partial charge is 0.420 e. The highest BCUT2D eigenvalue weighted by Crippen LogP contribution is 2.34. The summed E-state index contributed by atoms with van der Waals surface area (Å²) in [6.07, 6.45) is -4.49. The highest BCUT2D eigenvalue weighted by molar-refractivity contribution is 6.31. The van der Waals surface area contributed by atoms with Gasteiger partial charge < -0.3 is 0 Å². The quantitative estimate of drug-likeness (QED) is 0.728. The number of rotatable bonds is 0. The molecule has 0 saturated carbocycles. The normalized spacial score (nSPS) is 11.3. The van der Waals surface area contributed by atoms with Crippen LogP contribution < -0.4 is 0 Å². The summed E-state index contributed by atoms with van der Waals surface area (Å²) in [7, 11) is 0. The molecule has 0 aromatic carbocycles. The minimum absolute atomic E-state index is 0.0183. The fourth-order valence-electron chi connectivity index (χ4n) is 1.43. The predicted molar refractivity (Wildman–Crippen MR) is 63.8 cm³/mol. The summed E-state index contributed by atoms with van der Waals surface area (Å²) < 4.78 is 39.2. The van der Waals surface area contributed by atoms with Gasteiger partial charge in [-0.1, -0.05) is 25.4 Å². The van der Waals surface area contributed by atoms with Crippen LogP contribution in [0.1, 0.15) is 30.9 Å². The molecule has 2 rings (SSSR count). The lowest BCUT2D eigenvalue weighted by molar-refractivity contribution is -0.136. The van der Waals surface area contributed by atoms with Gasteiger partial charge >= 0.3 is 6.18 Å². The van der Waals surface area contributed by atoms with Gasteiger partial charge in [-0.2, -0.15) is 18.3 Å². The average Bonchev–Trinajstić information content (AvgIpc) is 2.67. The summed E-state index contributed by atoms with van der Waals surface area (Å²) >= 11 is 5.72. The van der Waals surface area contributed by atoms with Gasteiger partial charge in [0.1, 0.15) is 11.4 Å². The van der Waals surface area contributed by atoms with Gasteiger partial charge in [-0.05, 0) is 19.9 Å². The maximum atomic E-state index is 12.7. The zero-order valence-electron chi connectivity index (χ0n) is 10.4. The van der Waals surface area contributed by atoms with Crippen molar-refractivity contribution < 1.29 is 13.2 Å². The smallest absolute Gasteiger partial charge is 0.216 e. The predicted octanol–water partition coefficient (Wildman–Crippen LogP) is 4.04. The van der Waals surface area contributed by atoms with E-state index in [9.17, 15) is 13.2 Å². The van der Waals surface area contributed by atoms with Crippen LogP contribution in [0.15, 0.2) is 6.07 Å². The van der Waals surface area contributed by atoms with Crippen molar-refractivity contribution in [3.8, 4) is 0 Å². The van der Waals surface area contributed by atoms with Crippen LogP contribution in [0.2, 0.25) is 5.02 Å². The van der Waals surface area contributed by atoms with E-state index in [0.717, 1.165) is 10.6 Å². The van der Waals surface area contributed by atoms with Gasteiger partial charge in [0.05, 0.1) is 10.7 Å². The molecule has 0 amide bonds. The van der Waals surface area contributed by atoms with E-state index < -0.39 is 11.7 Å². The third-order valence-electron chi connectivity index (χ3n) is 2.19. The van der Waals surface area contributed by atoms with Crippen LogP contribution in [0, 0.1) is 13.8 Å². The lowest BCUT2D eigenvalue weighted by Crippen LogP contribution is -2.09. The van der Waals surface area contributed by atoms with Crippen LogP contribution in [0.3, 0.4) is 0 Å². The average molecular weight is 280 g/mol. The molecule has 0 saturated heterocycles. The fourth-order valence-corrected chi connectivity index (χ4v) is 1.62. The number of fused-ring (bicyclic) bond motifs is 1. The van der Waals surface area contributed by atoms with Gasteiger partial charge in [-0.25, -0.2) is 9.50 Å². The van der Waals surface area contributed by atoms with Crippen LogP contribution in [0.4, 0.5) is 13.2 Å². The first kappa shape index (κ1) is 14.8. The Balaban J connectivity index is 0.000000771. The number of hydrogen-bond donors (Lipinski definition) is 0. The topological polar surface area (TPSA) is 30.2 Å². The second-order valence-corrected chi connectivity index (χ2v) is 3.79. The first-order chi connectivity index (χ1) is 8.30. The maximum absolute atomic E-state index is 12.7. The Bertz CT molecular complexity index is 561. The fraction of sp³-hybridized carbons (Fsp3) is 0.455. The van der Waals surface area contributed by atoms with Gasteiger partial charge in [0.15, 0.2) is 5.65 Å². The third-order valence-corrected chi connectivity index (χ3v) is 2.58. The molecule has 0 atom stereocenters. The summed E-state index contributed by atoms with van der Waals surface area (Å²) in [4.78, 5) is 3.75. The zero-order chi connectivity index (χ0) is 14.1. The van der Waals surface area contributed by atoms with Crippen molar-refractivity contribution in [1.29, 1.82) is 0 Å². The number of aromatic nitrogens is 3. The molecule has 0 spiro atoms. The molecule has 0 unspecified atom stereocenters. The molecule has 3 nitrogen and oxygen atoms in total. The van der Waals surface area contributed by atoms with Crippen molar-refractivity contribution in [3.63, 3.8) is 0 Å². The van der Waals surface area contributed by atoms with E-state index in [1.54, 1.807) is 6.92 Å². The summed E-state index contributed by atoms with van der Waals surface area (Å²) in [5.74, 6) is 0.274. The molecule has 0 radical (unpaired) electrons. The molecule has 2 aromatic heterocycles. The van der Waals surface area contributed by atoms with E-state index in [1.807, 2.05) is 13.8 Å². The molecule has 2 aromatic rings. The van der Waals surface area contributed by atoms with Crippen molar-refractivity contribution in [1.82, 2.24) is 14.6 Å². The van der Waals surface area contributed by atoms with E-state index in [4.69, 9.17) is 11.6 Å². The summed E-state index contributed by atoms with van der Waals surface area (Å²) in [6.45, 7) is 7.12. The van der Waals surface area contributed by atoms with Gasteiger partial charge in [0.25, 0.3) is 0 Å². The zero-order valence-corrected chi connectivity index (χ0v) is 11.2. The molecule has 0 aliphatic rings. The Morgan fingerprint density at radius 2 is 1.78 bits per heavy atom. The van der Waals surface area contributed by atoms with Crippen molar-refractivity contribution in [2.45, 2.75) is 33.9 Å². The Labute approximate surface area is 108 Å². The van der Waals surface area contributed by atoms with Crippen LogP contribution in [-0.4, -0.2) is 14.6 Å². The van der Waals surface area contributed by atoms with E-state index in [2.05, 4.69) is 10.1 Å². The number of pyridine rings is 1. The first-order valence-electron chi connectivity index (χ1n) is 5.40. The lowest BCUT2D eigenvalue weighted by atomic mass is 10.2. The minimum Gasteiger partial charge on any atom is -0.216 e. The second kappa shape index (κ2) is 5.14. The van der Waals surface area contributed by atoms with Crippen LogP contribution in [0.25, 0.3) is 5.65 Å². The molecule has 7 heteroatoms. The van der Waals surface area contributed by atoms with Gasteiger partial charge in [0.2, 0.25) is 0 Å². The molecule has 2 heterocycles. The summed E-state index contributed by atoms with van der Waals surface area (Å²) in [5, 5.41) is 3.89. The molecule has 0 aliphatic carbocycles. The molecule has 100 valence electrons. The molecule has 18 heavy (non-hydrogen) atoms. The highest BCUT2D eigenvalue weighted by atomic mass is 35.5. The standard InChI is InChI=1S/C9H7ClF3N3.C2H6/c1-4-7(10)3-6(9(11,12)13)8-14-5(2)15-16(4)8;1-2/h3H,1-2H3;1-2H3. The molecular weight excluding hydrogens is 267 g/mol. The number of aryl methyl sites for hydroxylation is 2. The summed E-state index contributed by atoms with van der Waals surface area (Å²) in [6, 6.07) is 0.875. The van der Waals surface area contributed by atoms with Crippen molar-refractivity contribution in [2.75, 3.05) is 0 Å². The van der Waals surface area contributed by atoms with Gasteiger partial charge in [-0.15, -0.1) is 0 Å². The van der Waals surface area contributed by atoms with Crippen molar-refractivity contribution in [2.24, 2.45) is 0 Å². The van der Waals surface area contributed by atoms with Crippen molar-refractivity contribution in [3.05, 3.63) is 28.2 Å². The van der Waals surface area contributed by atoms with Crippen LogP contribution in [0.5, 0.6) is 0 Å². The Morgan fingerprint density at radius 3 is 2.28 bits per heavy atom. The first-order valence-corrected chi connectivity index (χ1v) is 5.78. The monoisotopic (exact) mass is 279 g/mol. The molecule has 0 fully saturated rings. The maximum Gasteiger partial charge on any atom is 0.420 e. The van der Waals surface area contributed by atoms with E-state index >= 15 is 0 Å². The third kappa shape index (κ3) is 2.58. The van der Waals surface area contributed by atoms with Gasteiger partial charge in [-0.3, -0.25) is 0 Å². The van der Waals surface area contributed by atoms with Gasteiger partial charge in [0, 0.05) is 0 Å². The molecule has 0 N–H and O–H groups in total. The number of nitrogens with zero attached hydrogens (tertiary/aromatic N) is 3. The molecule has 0 bridgehead atoms. The number of hydrogen-bond acceptors (Lipinski definition) is 2. The molecule has 0 aliphatic heterocycles. The van der Waals surface area contributed by atoms with Crippen molar-refractivity contribution >= 4 is 17.2 Å². The Morgan fingerprint density at radius 1 is 1.22 bits per heavy atom. The van der Waals surface area contributed by atoms with E-state index in [-0.39, 0.29) is 16.5 Å². The van der Waals surface area contributed by atoms with E-state index in [1.165, 1.54) is 6.92 Å². The number of alkyl halides is 3. The molecular formula is C11H13ClF3N3. The minimum atomic E-state index is -4.49. The van der Waals surface area contributed by atoms with Crippen LogP contribution in [-0.2, 0) is 6.18 Å². The SMILES string of the molecule is CC.Cc1nc2c(C(F)(F)F)cc(Cl)c(C)n2n1. The Hall–Kier alpha value is -1.30. The van der Waals surface area contributed by atoms with E-state index in [0.29, 0.717) is 5.69 Å². The number of halogens is 4. The highest BCUT2D eigenvalue weighted by Gasteiger charge is 2.35. The lowest BCUT2D eigenvalue weighted by Gasteiger charge is -2.09. The Kier molecular flexibility index (Phi) is 4.21.